The van der Waals surface area contributed by atoms with Crippen molar-refractivity contribution >= 4 is 5.69 Å². The molecule has 1 saturated heterocycles. The van der Waals surface area contributed by atoms with E-state index >= 15 is 0 Å². The average Bonchev–Trinajstić information content (AvgIpc) is 2.04. The summed E-state index contributed by atoms with van der Waals surface area (Å²) in [5, 5.41) is 3.27. The third-order valence-electron chi connectivity index (χ3n) is 2.47. The fourth-order valence-electron chi connectivity index (χ4n) is 1.50. The van der Waals surface area contributed by atoms with Crippen LogP contribution in [0, 0.1) is 5.82 Å². The summed E-state index contributed by atoms with van der Waals surface area (Å²) in [7, 11) is 0. The standard InChI is InChI=1S/C10H13FN2/c11-9-6-7(1-2-10(9)12)5-8-3-4-13-8/h1-2,6,8,13H,3-5,12H2. The highest BCUT2D eigenvalue weighted by atomic mass is 19.1. The average molecular weight is 180 g/mol. The number of nitrogens with one attached hydrogen (secondary N) is 1. The van der Waals surface area contributed by atoms with Crippen LogP contribution in [-0.4, -0.2) is 12.6 Å². The van der Waals surface area contributed by atoms with E-state index < -0.39 is 0 Å². The molecule has 2 rings (SSSR count). The minimum absolute atomic E-state index is 0.227. The molecule has 0 bridgehead atoms. The Morgan fingerprint density at radius 2 is 2.31 bits per heavy atom. The Balaban J connectivity index is 2.07. The lowest BCUT2D eigenvalue weighted by Crippen LogP contribution is -2.44. The van der Waals surface area contributed by atoms with Crippen molar-refractivity contribution in [2.24, 2.45) is 0 Å². The zero-order valence-electron chi connectivity index (χ0n) is 7.39. The molecule has 0 radical (unpaired) electrons. The molecule has 13 heavy (non-hydrogen) atoms. The molecule has 0 amide bonds. The maximum absolute atomic E-state index is 13.0. The van der Waals surface area contributed by atoms with Crippen LogP contribution in [-0.2, 0) is 6.42 Å². The first kappa shape index (κ1) is 8.51. The molecule has 1 atom stereocenters. The van der Waals surface area contributed by atoms with Gasteiger partial charge in [0.05, 0.1) is 5.69 Å². The molecular weight excluding hydrogens is 167 g/mol. The number of halogens is 1. The third kappa shape index (κ3) is 1.80. The molecule has 70 valence electrons. The smallest absolute Gasteiger partial charge is 0.146 e. The lowest BCUT2D eigenvalue weighted by atomic mass is 9.98. The number of rotatable bonds is 2. The van der Waals surface area contributed by atoms with Gasteiger partial charge in [-0.2, -0.15) is 0 Å². The van der Waals surface area contributed by atoms with Crippen LogP contribution in [0.15, 0.2) is 18.2 Å². The molecule has 3 heteroatoms. The molecule has 0 aromatic heterocycles. The van der Waals surface area contributed by atoms with Crippen molar-refractivity contribution in [1.29, 1.82) is 0 Å². The van der Waals surface area contributed by atoms with Crippen LogP contribution in [0.5, 0.6) is 0 Å². The molecule has 1 aliphatic heterocycles. The van der Waals surface area contributed by atoms with Gasteiger partial charge in [0.2, 0.25) is 0 Å². The Morgan fingerprint density at radius 3 is 2.85 bits per heavy atom. The molecular formula is C10H13FN2. The Labute approximate surface area is 76.9 Å². The van der Waals surface area contributed by atoms with Gasteiger partial charge in [0.25, 0.3) is 0 Å². The van der Waals surface area contributed by atoms with Gasteiger partial charge in [-0.15, -0.1) is 0 Å². The summed E-state index contributed by atoms with van der Waals surface area (Å²) in [5.74, 6) is -0.308. The summed E-state index contributed by atoms with van der Waals surface area (Å²) in [5.41, 5.74) is 6.62. The van der Waals surface area contributed by atoms with Gasteiger partial charge in [0.1, 0.15) is 5.82 Å². The minimum atomic E-state index is -0.308. The van der Waals surface area contributed by atoms with E-state index in [-0.39, 0.29) is 11.5 Å². The quantitative estimate of drug-likeness (QED) is 0.673. The minimum Gasteiger partial charge on any atom is -0.396 e. The van der Waals surface area contributed by atoms with E-state index in [2.05, 4.69) is 5.32 Å². The van der Waals surface area contributed by atoms with Gasteiger partial charge in [-0.1, -0.05) is 6.07 Å². The van der Waals surface area contributed by atoms with E-state index in [1.54, 1.807) is 6.07 Å². The van der Waals surface area contributed by atoms with Crippen LogP contribution in [0.2, 0.25) is 0 Å². The zero-order chi connectivity index (χ0) is 9.26. The molecule has 1 unspecified atom stereocenters. The summed E-state index contributed by atoms with van der Waals surface area (Å²) < 4.78 is 13.0. The Bertz CT molecular complexity index is 308. The number of nitrogens with two attached hydrogens (primary N) is 1. The first-order chi connectivity index (χ1) is 6.25. The lowest BCUT2D eigenvalue weighted by Gasteiger charge is -2.27. The van der Waals surface area contributed by atoms with Crippen LogP contribution >= 0.6 is 0 Å². The van der Waals surface area contributed by atoms with Gasteiger partial charge in [-0.3, -0.25) is 0 Å². The highest BCUT2D eigenvalue weighted by Gasteiger charge is 2.16. The molecule has 2 nitrogen and oxygen atoms in total. The number of benzene rings is 1. The van der Waals surface area contributed by atoms with E-state index in [1.807, 2.05) is 6.07 Å². The van der Waals surface area contributed by atoms with E-state index in [0.717, 1.165) is 18.5 Å². The first-order valence-electron chi connectivity index (χ1n) is 4.53. The molecule has 1 heterocycles. The van der Waals surface area contributed by atoms with Crippen molar-refractivity contribution in [2.45, 2.75) is 18.9 Å². The molecule has 1 fully saturated rings. The normalized spacial score (nSPS) is 21.2. The molecule has 1 aliphatic rings. The van der Waals surface area contributed by atoms with Gasteiger partial charge < -0.3 is 11.1 Å². The van der Waals surface area contributed by atoms with Crippen molar-refractivity contribution in [3.63, 3.8) is 0 Å². The summed E-state index contributed by atoms with van der Waals surface area (Å²) in [6.45, 7) is 1.09. The summed E-state index contributed by atoms with van der Waals surface area (Å²) in [4.78, 5) is 0. The number of nitrogen functional groups attached to an aromatic ring is 1. The van der Waals surface area contributed by atoms with Crippen LogP contribution < -0.4 is 11.1 Å². The molecule has 1 aromatic carbocycles. The largest absolute Gasteiger partial charge is 0.396 e. The van der Waals surface area contributed by atoms with Gasteiger partial charge in [0, 0.05) is 6.04 Å². The second-order valence-corrected chi connectivity index (χ2v) is 3.50. The fraction of sp³-hybridized carbons (Fsp3) is 0.400. The molecule has 0 aliphatic carbocycles. The SMILES string of the molecule is Nc1ccc(CC2CCN2)cc1F. The molecule has 0 saturated carbocycles. The molecule has 3 N–H and O–H groups in total. The maximum atomic E-state index is 13.0. The summed E-state index contributed by atoms with van der Waals surface area (Å²) >= 11 is 0. The van der Waals surface area contributed by atoms with Crippen LogP contribution in [0.25, 0.3) is 0 Å². The van der Waals surface area contributed by atoms with E-state index in [4.69, 9.17) is 5.73 Å². The highest BCUT2D eigenvalue weighted by molar-refractivity contribution is 5.41. The van der Waals surface area contributed by atoms with E-state index in [0.29, 0.717) is 6.04 Å². The van der Waals surface area contributed by atoms with Gasteiger partial charge in [-0.25, -0.2) is 4.39 Å². The number of hydrogen-bond donors (Lipinski definition) is 2. The van der Waals surface area contributed by atoms with Crippen molar-refractivity contribution in [1.82, 2.24) is 5.32 Å². The lowest BCUT2D eigenvalue weighted by molar-refractivity contribution is 0.369. The highest BCUT2D eigenvalue weighted by Crippen LogP contribution is 2.15. The Morgan fingerprint density at radius 1 is 1.54 bits per heavy atom. The Hall–Kier alpha value is -1.09. The predicted octanol–water partition coefficient (Wildman–Crippen LogP) is 1.31. The summed E-state index contributed by atoms with van der Waals surface area (Å²) in [6, 6.07) is 5.57. The topological polar surface area (TPSA) is 38.0 Å². The van der Waals surface area contributed by atoms with Gasteiger partial charge in [0.15, 0.2) is 0 Å². The molecule has 1 aromatic rings. The van der Waals surface area contributed by atoms with Crippen molar-refractivity contribution < 1.29 is 4.39 Å². The fourth-order valence-corrected chi connectivity index (χ4v) is 1.50. The van der Waals surface area contributed by atoms with Gasteiger partial charge in [-0.05, 0) is 37.1 Å². The van der Waals surface area contributed by atoms with Crippen molar-refractivity contribution in [2.75, 3.05) is 12.3 Å². The van der Waals surface area contributed by atoms with Crippen LogP contribution in [0.4, 0.5) is 10.1 Å². The van der Waals surface area contributed by atoms with Gasteiger partial charge >= 0.3 is 0 Å². The third-order valence-corrected chi connectivity index (χ3v) is 2.47. The number of hydrogen-bond acceptors (Lipinski definition) is 2. The van der Waals surface area contributed by atoms with Crippen LogP contribution in [0.3, 0.4) is 0 Å². The van der Waals surface area contributed by atoms with Crippen molar-refractivity contribution in [3.8, 4) is 0 Å². The van der Waals surface area contributed by atoms with Crippen molar-refractivity contribution in [3.05, 3.63) is 29.6 Å². The monoisotopic (exact) mass is 180 g/mol. The predicted molar refractivity (Wildman–Crippen MR) is 50.9 cm³/mol. The van der Waals surface area contributed by atoms with E-state index in [9.17, 15) is 4.39 Å². The number of anilines is 1. The first-order valence-corrected chi connectivity index (χ1v) is 4.53. The summed E-state index contributed by atoms with van der Waals surface area (Å²) in [6.07, 6.45) is 2.09. The van der Waals surface area contributed by atoms with E-state index in [1.165, 1.54) is 12.5 Å². The van der Waals surface area contributed by atoms with Crippen LogP contribution in [0.1, 0.15) is 12.0 Å². The zero-order valence-corrected chi connectivity index (χ0v) is 7.39. The second-order valence-electron chi connectivity index (χ2n) is 3.50. The Kier molecular flexibility index (Phi) is 2.19. The molecule has 0 spiro atoms. The maximum Gasteiger partial charge on any atom is 0.146 e. The second kappa shape index (κ2) is 3.34.